The molecule has 0 aliphatic heterocycles. The van der Waals surface area contributed by atoms with Crippen LogP contribution in [-0.4, -0.2) is 31.1 Å². The predicted octanol–water partition coefficient (Wildman–Crippen LogP) is 4.05. The van der Waals surface area contributed by atoms with Gasteiger partial charge in [-0.05, 0) is 30.7 Å². The Morgan fingerprint density at radius 2 is 2.00 bits per heavy atom. The summed E-state index contributed by atoms with van der Waals surface area (Å²) in [5.74, 6) is 0. The van der Waals surface area contributed by atoms with Gasteiger partial charge < -0.3 is 5.32 Å². The lowest BCUT2D eigenvalue weighted by Crippen LogP contribution is -2.30. The fourth-order valence-corrected chi connectivity index (χ4v) is 2.49. The lowest BCUT2D eigenvalue weighted by Gasteiger charge is -2.24. The summed E-state index contributed by atoms with van der Waals surface area (Å²) in [6, 6.07) is 8.42. The highest BCUT2D eigenvalue weighted by Crippen LogP contribution is 2.20. The monoisotopic (exact) mass is 292 g/mol. The molecular weight excluding hydrogens is 268 g/mol. The summed E-state index contributed by atoms with van der Waals surface area (Å²) in [5, 5.41) is 4.32. The summed E-state index contributed by atoms with van der Waals surface area (Å²) in [7, 11) is 0. The van der Waals surface area contributed by atoms with E-state index in [1.54, 1.807) is 0 Å². The number of hydrogen-bond acceptors (Lipinski definition) is 2. The van der Waals surface area contributed by atoms with Gasteiger partial charge in [-0.15, -0.1) is 13.2 Å². The second-order valence-electron chi connectivity index (χ2n) is 4.79. The van der Waals surface area contributed by atoms with Gasteiger partial charge in [0.15, 0.2) is 0 Å². The summed E-state index contributed by atoms with van der Waals surface area (Å²) >= 11 is 6.09. The number of hydrogen-bond donors (Lipinski definition) is 1. The molecule has 20 heavy (non-hydrogen) atoms. The van der Waals surface area contributed by atoms with Crippen molar-refractivity contribution in [3.8, 4) is 0 Å². The van der Waals surface area contributed by atoms with Crippen LogP contribution in [0.5, 0.6) is 0 Å². The van der Waals surface area contributed by atoms with Crippen LogP contribution in [0.4, 0.5) is 0 Å². The topological polar surface area (TPSA) is 15.3 Å². The van der Waals surface area contributed by atoms with Gasteiger partial charge in [-0.3, -0.25) is 4.90 Å². The fraction of sp³-hybridized carbons (Fsp3) is 0.412. The Bertz CT molecular complexity index is 407. The van der Waals surface area contributed by atoms with Gasteiger partial charge in [0.25, 0.3) is 0 Å². The minimum atomic E-state index is 0.329. The normalized spacial score (nSPS) is 12.3. The number of rotatable bonds is 10. The van der Waals surface area contributed by atoms with E-state index in [2.05, 4.69) is 36.4 Å². The van der Waals surface area contributed by atoms with Crippen LogP contribution in [0.25, 0.3) is 0 Å². The summed E-state index contributed by atoms with van der Waals surface area (Å²) in [4.78, 5) is 2.33. The minimum Gasteiger partial charge on any atom is -0.310 e. The van der Waals surface area contributed by atoms with Gasteiger partial charge in [0, 0.05) is 30.7 Å². The largest absolute Gasteiger partial charge is 0.310 e. The second kappa shape index (κ2) is 9.76. The van der Waals surface area contributed by atoms with Gasteiger partial charge in [-0.2, -0.15) is 0 Å². The third-order valence-electron chi connectivity index (χ3n) is 3.21. The highest BCUT2D eigenvalue weighted by atomic mass is 35.5. The van der Waals surface area contributed by atoms with Crippen molar-refractivity contribution in [2.45, 2.75) is 19.4 Å². The van der Waals surface area contributed by atoms with E-state index in [0.717, 1.165) is 37.6 Å². The van der Waals surface area contributed by atoms with Crippen LogP contribution in [0.2, 0.25) is 5.02 Å². The molecule has 0 saturated heterocycles. The minimum absolute atomic E-state index is 0.329. The van der Waals surface area contributed by atoms with Crippen molar-refractivity contribution in [2.24, 2.45) is 0 Å². The number of benzene rings is 1. The summed E-state index contributed by atoms with van der Waals surface area (Å²) in [6.07, 6.45) is 4.91. The molecule has 0 amide bonds. The molecule has 2 nitrogen and oxygen atoms in total. The fourth-order valence-electron chi connectivity index (χ4n) is 2.29. The van der Waals surface area contributed by atoms with Crippen molar-refractivity contribution in [3.05, 3.63) is 60.2 Å². The third kappa shape index (κ3) is 5.91. The quantitative estimate of drug-likeness (QED) is 0.654. The number of halogens is 1. The Hall–Kier alpha value is -1.09. The van der Waals surface area contributed by atoms with E-state index in [-0.39, 0.29) is 0 Å². The SMILES string of the molecule is C=CCN(CC=C)CCC(NCC)c1cccc(Cl)c1. The molecule has 0 aromatic heterocycles. The molecule has 0 radical (unpaired) electrons. The van der Waals surface area contributed by atoms with Crippen LogP contribution >= 0.6 is 11.6 Å². The van der Waals surface area contributed by atoms with Gasteiger partial charge in [0.2, 0.25) is 0 Å². The van der Waals surface area contributed by atoms with E-state index in [9.17, 15) is 0 Å². The molecule has 1 rings (SSSR count). The molecule has 1 atom stereocenters. The van der Waals surface area contributed by atoms with Gasteiger partial charge in [0.1, 0.15) is 0 Å². The van der Waals surface area contributed by atoms with Crippen molar-refractivity contribution < 1.29 is 0 Å². The molecular formula is C17H25ClN2. The molecule has 1 aromatic rings. The average Bonchev–Trinajstić information content (AvgIpc) is 2.43. The van der Waals surface area contributed by atoms with E-state index in [4.69, 9.17) is 11.6 Å². The van der Waals surface area contributed by atoms with Gasteiger partial charge >= 0.3 is 0 Å². The van der Waals surface area contributed by atoms with E-state index in [1.807, 2.05) is 30.4 Å². The molecule has 0 aliphatic carbocycles. The molecule has 0 spiro atoms. The average molecular weight is 293 g/mol. The summed E-state index contributed by atoms with van der Waals surface area (Å²) in [6.45, 7) is 13.5. The maximum absolute atomic E-state index is 6.09. The van der Waals surface area contributed by atoms with Crippen molar-refractivity contribution in [2.75, 3.05) is 26.2 Å². The van der Waals surface area contributed by atoms with Crippen molar-refractivity contribution in [3.63, 3.8) is 0 Å². The predicted molar refractivity (Wildman–Crippen MR) is 89.3 cm³/mol. The van der Waals surface area contributed by atoms with Crippen LogP contribution in [0.3, 0.4) is 0 Å². The van der Waals surface area contributed by atoms with E-state index in [0.29, 0.717) is 6.04 Å². The van der Waals surface area contributed by atoms with Gasteiger partial charge in [-0.25, -0.2) is 0 Å². The molecule has 1 aromatic carbocycles. The van der Waals surface area contributed by atoms with Crippen molar-refractivity contribution in [1.82, 2.24) is 10.2 Å². The van der Waals surface area contributed by atoms with Gasteiger partial charge in [-0.1, -0.05) is 42.8 Å². The van der Waals surface area contributed by atoms with Crippen LogP contribution in [0, 0.1) is 0 Å². The molecule has 110 valence electrons. The smallest absolute Gasteiger partial charge is 0.0409 e. The molecule has 0 heterocycles. The molecule has 0 saturated carbocycles. The molecule has 0 fully saturated rings. The van der Waals surface area contributed by atoms with E-state index < -0.39 is 0 Å². The summed E-state index contributed by atoms with van der Waals surface area (Å²) in [5.41, 5.74) is 1.25. The van der Waals surface area contributed by atoms with Crippen molar-refractivity contribution >= 4 is 11.6 Å². The molecule has 1 N–H and O–H groups in total. The standard InChI is InChI=1S/C17H25ClN2/c1-4-11-20(12-5-2)13-10-17(19-6-3)15-8-7-9-16(18)14-15/h4-5,7-9,14,17,19H,1-2,6,10-13H2,3H3. The van der Waals surface area contributed by atoms with Crippen LogP contribution in [0.15, 0.2) is 49.6 Å². The molecule has 3 heteroatoms. The zero-order valence-corrected chi connectivity index (χ0v) is 13.1. The molecule has 1 unspecified atom stereocenters. The first-order valence-electron chi connectivity index (χ1n) is 7.14. The first-order chi connectivity index (χ1) is 9.71. The number of nitrogens with one attached hydrogen (secondary N) is 1. The molecule has 0 bridgehead atoms. The lowest BCUT2D eigenvalue weighted by atomic mass is 10.0. The zero-order valence-electron chi connectivity index (χ0n) is 12.3. The maximum Gasteiger partial charge on any atom is 0.0409 e. The number of nitrogens with zero attached hydrogens (tertiary/aromatic N) is 1. The van der Waals surface area contributed by atoms with E-state index in [1.165, 1.54) is 5.56 Å². The Balaban J connectivity index is 2.66. The van der Waals surface area contributed by atoms with Crippen LogP contribution in [0.1, 0.15) is 24.9 Å². The second-order valence-corrected chi connectivity index (χ2v) is 5.23. The van der Waals surface area contributed by atoms with Gasteiger partial charge in [0.05, 0.1) is 0 Å². The Morgan fingerprint density at radius 3 is 2.55 bits per heavy atom. The Morgan fingerprint density at radius 1 is 1.30 bits per heavy atom. The third-order valence-corrected chi connectivity index (χ3v) is 3.45. The van der Waals surface area contributed by atoms with Crippen LogP contribution in [-0.2, 0) is 0 Å². The van der Waals surface area contributed by atoms with E-state index >= 15 is 0 Å². The maximum atomic E-state index is 6.09. The highest BCUT2D eigenvalue weighted by Gasteiger charge is 2.12. The van der Waals surface area contributed by atoms with Crippen molar-refractivity contribution in [1.29, 1.82) is 0 Å². The Kier molecular flexibility index (Phi) is 8.28. The lowest BCUT2D eigenvalue weighted by molar-refractivity contribution is 0.308. The first kappa shape index (κ1) is 17.0. The first-order valence-corrected chi connectivity index (χ1v) is 7.52. The van der Waals surface area contributed by atoms with Crippen LogP contribution < -0.4 is 5.32 Å². The highest BCUT2D eigenvalue weighted by molar-refractivity contribution is 6.30. The zero-order chi connectivity index (χ0) is 14.8. The summed E-state index contributed by atoms with van der Waals surface area (Å²) < 4.78 is 0. The Labute approximate surface area is 128 Å². The molecule has 0 aliphatic rings.